The van der Waals surface area contributed by atoms with Gasteiger partial charge in [0.2, 0.25) is 13.6 Å². The Morgan fingerprint density at radius 3 is 2.21 bits per heavy atom. The van der Waals surface area contributed by atoms with E-state index in [-0.39, 0.29) is 31.5 Å². The number of hydrogen-bond donors (Lipinski definition) is 1. The molecule has 194 valence electrons. The molecule has 0 saturated carbocycles. The number of nitrogens with zero attached hydrogens (tertiary/aromatic N) is 1. The van der Waals surface area contributed by atoms with Gasteiger partial charge in [0, 0.05) is 12.1 Å². The third-order valence-corrected chi connectivity index (χ3v) is 6.70. The van der Waals surface area contributed by atoms with Crippen LogP contribution in [0.5, 0.6) is 34.5 Å². The second-order valence-electron chi connectivity index (χ2n) is 8.80. The Morgan fingerprint density at radius 1 is 0.842 bits per heavy atom. The molecule has 0 bridgehead atoms. The number of amides is 1. The van der Waals surface area contributed by atoms with Crippen molar-refractivity contribution in [2.45, 2.75) is 12.6 Å². The van der Waals surface area contributed by atoms with E-state index in [2.05, 4.69) is 0 Å². The summed E-state index contributed by atoms with van der Waals surface area (Å²) in [6, 6.07) is 14.4. The number of methoxy groups -OCH3 is 2. The molecule has 0 radical (unpaired) electrons. The first-order chi connectivity index (χ1) is 18.5. The number of likely N-dealkylation sites (tertiary alicyclic amines) is 1. The lowest BCUT2D eigenvalue weighted by Crippen LogP contribution is -2.29. The lowest BCUT2D eigenvalue weighted by atomic mass is 9.94. The van der Waals surface area contributed by atoms with Gasteiger partial charge in [0.15, 0.2) is 34.5 Å². The molecule has 1 atom stereocenters. The second kappa shape index (κ2) is 9.22. The third kappa shape index (κ3) is 3.81. The van der Waals surface area contributed by atoms with E-state index in [9.17, 15) is 14.7 Å². The molecule has 1 amide bonds. The maximum atomic E-state index is 13.4. The number of rotatable bonds is 6. The lowest BCUT2D eigenvalue weighted by Gasteiger charge is -2.25. The van der Waals surface area contributed by atoms with Crippen molar-refractivity contribution < 1.29 is 43.1 Å². The first-order valence-electron chi connectivity index (χ1n) is 11.8. The van der Waals surface area contributed by atoms with Crippen molar-refractivity contribution in [1.82, 2.24) is 4.90 Å². The average Bonchev–Trinajstić information content (AvgIpc) is 3.66. The molecule has 3 heterocycles. The SMILES string of the molecule is COc1ccc(/C(O)=C2\C(=O)C(=O)N(Cc3ccc4c(c3)OCO4)C2c2ccc3c(c2)OCO3)cc1OC. The molecule has 10 heteroatoms. The van der Waals surface area contributed by atoms with Crippen molar-refractivity contribution in [3.8, 4) is 34.5 Å². The fraction of sp³-hybridized carbons (Fsp3) is 0.214. The number of aliphatic hydroxyl groups excluding tert-OH is 1. The van der Waals surface area contributed by atoms with Crippen molar-refractivity contribution in [3.05, 3.63) is 76.9 Å². The zero-order valence-electron chi connectivity index (χ0n) is 20.6. The first-order valence-corrected chi connectivity index (χ1v) is 11.8. The van der Waals surface area contributed by atoms with Crippen LogP contribution in [0, 0.1) is 0 Å². The van der Waals surface area contributed by atoms with Gasteiger partial charge >= 0.3 is 0 Å². The molecule has 3 aliphatic heterocycles. The Balaban J connectivity index is 1.47. The summed E-state index contributed by atoms with van der Waals surface area (Å²) >= 11 is 0. The predicted octanol–water partition coefficient (Wildman–Crippen LogP) is 3.78. The Labute approximate surface area is 217 Å². The summed E-state index contributed by atoms with van der Waals surface area (Å²) < 4.78 is 32.5. The molecular formula is C28H23NO9. The Morgan fingerprint density at radius 2 is 1.50 bits per heavy atom. The number of carbonyl (C=O) groups excluding carboxylic acids is 2. The van der Waals surface area contributed by atoms with Gasteiger partial charge in [-0.3, -0.25) is 9.59 Å². The average molecular weight is 517 g/mol. The molecule has 6 rings (SSSR count). The number of benzene rings is 3. The van der Waals surface area contributed by atoms with Crippen molar-refractivity contribution in [1.29, 1.82) is 0 Å². The van der Waals surface area contributed by atoms with E-state index < -0.39 is 17.7 Å². The monoisotopic (exact) mass is 517 g/mol. The minimum absolute atomic E-state index is 0.0539. The first kappa shape index (κ1) is 23.5. The number of ketones is 1. The third-order valence-electron chi connectivity index (χ3n) is 6.70. The smallest absolute Gasteiger partial charge is 0.295 e. The van der Waals surface area contributed by atoms with Crippen LogP contribution in [0.3, 0.4) is 0 Å². The van der Waals surface area contributed by atoms with E-state index in [0.717, 1.165) is 5.56 Å². The summed E-state index contributed by atoms with van der Waals surface area (Å²) in [5, 5.41) is 11.4. The van der Waals surface area contributed by atoms with Crippen LogP contribution in [-0.2, 0) is 16.1 Å². The quantitative estimate of drug-likeness (QED) is 0.296. The van der Waals surface area contributed by atoms with Gasteiger partial charge in [0.1, 0.15) is 5.76 Å². The molecule has 0 aliphatic carbocycles. The zero-order valence-corrected chi connectivity index (χ0v) is 20.6. The van der Waals surface area contributed by atoms with Crippen LogP contribution in [0.2, 0.25) is 0 Å². The minimum Gasteiger partial charge on any atom is -0.507 e. The van der Waals surface area contributed by atoms with E-state index in [1.54, 1.807) is 54.6 Å². The van der Waals surface area contributed by atoms with Crippen molar-refractivity contribution >= 4 is 17.4 Å². The van der Waals surface area contributed by atoms with Gasteiger partial charge in [0.25, 0.3) is 11.7 Å². The van der Waals surface area contributed by atoms with Crippen molar-refractivity contribution in [2.24, 2.45) is 0 Å². The van der Waals surface area contributed by atoms with Crippen LogP contribution in [-0.4, -0.2) is 49.5 Å². The van der Waals surface area contributed by atoms with Gasteiger partial charge in [-0.15, -0.1) is 0 Å². The van der Waals surface area contributed by atoms with Gasteiger partial charge in [-0.05, 0) is 53.6 Å². The van der Waals surface area contributed by atoms with Gasteiger partial charge in [-0.1, -0.05) is 12.1 Å². The summed E-state index contributed by atoms with van der Waals surface area (Å²) in [4.78, 5) is 28.3. The second-order valence-corrected chi connectivity index (χ2v) is 8.80. The number of Topliss-reactive ketones (excluding diaryl/α,β-unsaturated/α-hetero) is 1. The molecule has 1 saturated heterocycles. The highest BCUT2D eigenvalue weighted by Gasteiger charge is 2.46. The van der Waals surface area contributed by atoms with Gasteiger partial charge in [0.05, 0.1) is 25.8 Å². The highest BCUT2D eigenvalue weighted by Crippen LogP contribution is 2.44. The maximum Gasteiger partial charge on any atom is 0.295 e. The van der Waals surface area contributed by atoms with E-state index in [1.807, 2.05) is 0 Å². The highest BCUT2D eigenvalue weighted by molar-refractivity contribution is 6.46. The van der Waals surface area contributed by atoms with Crippen LogP contribution in [0.15, 0.2) is 60.2 Å². The van der Waals surface area contributed by atoms with Gasteiger partial charge < -0.3 is 38.4 Å². The number of carbonyl (C=O) groups is 2. The van der Waals surface area contributed by atoms with Crippen molar-refractivity contribution in [2.75, 3.05) is 27.8 Å². The fourth-order valence-electron chi connectivity index (χ4n) is 4.85. The lowest BCUT2D eigenvalue weighted by molar-refractivity contribution is -0.140. The van der Waals surface area contributed by atoms with Crippen LogP contribution < -0.4 is 28.4 Å². The molecule has 38 heavy (non-hydrogen) atoms. The molecule has 10 nitrogen and oxygen atoms in total. The number of fused-ring (bicyclic) bond motifs is 2. The molecule has 0 spiro atoms. The molecular weight excluding hydrogens is 494 g/mol. The topological polar surface area (TPSA) is 113 Å². The van der Waals surface area contributed by atoms with Crippen LogP contribution in [0.25, 0.3) is 5.76 Å². The number of ether oxygens (including phenoxy) is 6. The van der Waals surface area contributed by atoms with E-state index in [0.29, 0.717) is 45.6 Å². The normalized spacial score (nSPS) is 18.7. The Hall–Kier alpha value is -4.86. The van der Waals surface area contributed by atoms with Crippen molar-refractivity contribution in [3.63, 3.8) is 0 Å². The highest BCUT2D eigenvalue weighted by atomic mass is 16.7. The standard InChI is InChI=1S/C28H23NO9/c1-33-18-7-5-17(11-21(18)34-2)26(30)24-25(16-4-8-20-23(10-16)38-14-36-20)29(28(32)27(24)31)12-15-3-6-19-22(9-15)37-13-35-19/h3-11,25,30H,12-14H2,1-2H3/b26-24+. The Kier molecular flexibility index (Phi) is 5.71. The number of aliphatic hydroxyl groups is 1. The zero-order chi connectivity index (χ0) is 26.4. The van der Waals surface area contributed by atoms with Crippen LogP contribution >= 0.6 is 0 Å². The molecule has 1 unspecified atom stereocenters. The Bertz CT molecular complexity index is 1500. The fourth-order valence-corrected chi connectivity index (χ4v) is 4.85. The van der Waals surface area contributed by atoms with Gasteiger partial charge in [-0.2, -0.15) is 0 Å². The molecule has 3 aromatic rings. The van der Waals surface area contributed by atoms with Crippen LogP contribution in [0.1, 0.15) is 22.7 Å². The minimum atomic E-state index is -0.900. The van der Waals surface area contributed by atoms with E-state index in [1.165, 1.54) is 19.1 Å². The predicted molar refractivity (Wildman–Crippen MR) is 133 cm³/mol. The molecule has 1 N–H and O–H groups in total. The summed E-state index contributed by atoms with van der Waals surface area (Å²) in [5.41, 5.74) is 1.56. The molecule has 3 aromatic carbocycles. The molecule has 3 aliphatic rings. The van der Waals surface area contributed by atoms with Crippen LogP contribution in [0.4, 0.5) is 0 Å². The molecule has 0 aromatic heterocycles. The molecule has 1 fully saturated rings. The van der Waals surface area contributed by atoms with E-state index in [4.69, 9.17) is 28.4 Å². The van der Waals surface area contributed by atoms with Gasteiger partial charge in [-0.25, -0.2) is 0 Å². The summed E-state index contributed by atoms with van der Waals surface area (Å²) in [6.07, 6.45) is 0. The number of hydrogen-bond acceptors (Lipinski definition) is 9. The van der Waals surface area contributed by atoms with E-state index >= 15 is 0 Å². The summed E-state index contributed by atoms with van der Waals surface area (Å²) in [7, 11) is 2.97. The largest absolute Gasteiger partial charge is 0.507 e. The summed E-state index contributed by atoms with van der Waals surface area (Å²) in [5.74, 6) is 1.16. The summed E-state index contributed by atoms with van der Waals surface area (Å²) in [6.45, 7) is 0.274. The maximum absolute atomic E-state index is 13.4.